The van der Waals surface area contributed by atoms with Gasteiger partial charge >= 0.3 is 18.1 Å². The van der Waals surface area contributed by atoms with Crippen molar-refractivity contribution >= 4 is 29.2 Å². The van der Waals surface area contributed by atoms with Crippen LogP contribution in [0.25, 0.3) is 5.57 Å². The molecule has 0 spiro atoms. The molecule has 2 rings (SSSR count). The zero-order chi connectivity index (χ0) is 19.7. The van der Waals surface area contributed by atoms with Crippen LogP contribution in [0.3, 0.4) is 0 Å². The van der Waals surface area contributed by atoms with Gasteiger partial charge in [0.05, 0.1) is 11.7 Å². The number of carbonyl (C=O) groups is 2. The van der Waals surface area contributed by atoms with Crippen LogP contribution in [0.2, 0.25) is 0 Å². The van der Waals surface area contributed by atoms with Gasteiger partial charge in [-0.3, -0.25) is 0 Å². The molecule has 0 saturated heterocycles. The number of hydrogen-bond acceptors (Lipinski definition) is 7. The second kappa shape index (κ2) is 9.87. The maximum atomic E-state index is 12.1. The molecule has 0 aromatic carbocycles. The van der Waals surface area contributed by atoms with Crippen LogP contribution in [-0.4, -0.2) is 68.7 Å². The standard InChI is InChI=1S/C10H12F3N3OS.C4H4O4/c1-16-4-2-3-7(5-16)8-9(15-18-14-8)17-6-10(11,12)13;5-3(6)1-2-4(7)8/h3H,2,4-6H2,1H3;1-2H,(H,5,6)(H,7,8). The maximum absolute atomic E-state index is 12.1. The van der Waals surface area contributed by atoms with Crippen LogP contribution in [0.5, 0.6) is 5.88 Å². The average Bonchev–Trinajstić information content (AvgIpc) is 2.99. The summed E-state index contributed by atoms with van der Waals surface area (Å²) in [5.74, 6) is -2.54. The molecule has 0 aliphatic carbocycles. The van der Waals surface area contributed by atoms with Crippen LogP contribution in [0.4, 0.5) is 13.2 Å². The molecule has 0 bridgehead atoms. The van der Waals surface area contributed by atoms with E-state index in [4.69, 9.17) is 10.2 Å². The van der Waals surface area contributed by atoms with Crippen molar-refractivity contribution in [3.63, 3.8) is 0 Å². The molecule has 1 aromatic rings. The van der Waals surface area contributed by atoms with E-state index in [-0.39, 0.29) is 5.88 Å². The zero-order valence-electron chi connectivity index (χ0n) is 13.6. The molecule has 8 nitrogen and oxygen atoms in total. The summed E-state index contributed by atoms with van der Waals surface area (Å²) in [6, 6.07) is 0. The summed E-state index contributed by atoms with van der Waals surface area (Å²) >= 11 is 0.860. The van der Waals surface area contributed by atoms with E-state index < -0.39 is 24.7 Å². The second-order valence-electron chi connectivity index (χ2n) is 5.09. The molecule has 0 unspecified atom stereocenters. The normalized spacial score (nSPS) is 15.2. The predicted octanol–water partition coefficient (Wildman–Crippen LogP) is 1.91. The Morgan fingerprint density at radius 3 is 2.42 bits per heavy atom. The third-order valence-electron chi connectivity index (χ3n) is 2.85. The van der Waals surface area contributed by atoms with E-state index in [0.717, 1.165) is 30.3 Å². The summed E-state index contributed by atoms with van der Waals surface area (Å²) in [7, 11) is 1.95. The van der Waals surface area contributed by atoms with E-state index in [2.05, 4.69) is 18.4 Å². The Bertz CT molecular complexity index is 672. The number of rotatable bonds is 5. The molecule has 26 heavy (non-hydrogen) atoms. The average molecular weight is 395 g/mol. The van der Waals surface area contributed by atoms with Crippen LogP contribution >= 0.6 is 11.7 Å². The van der Waals surface area contributed by atoms with Crippen LogP contribution in [0, 0.1) is 0 Å². The lowest BCUT2D eigenvalue weighted by atomic mass is 10.1. The second-order valence-corrected chi connectivity index (χ2v) is 5.62. The largest absolute Gasteiger partial charge is 0.478 e. The van der Waals surface area contributed by atoms with Crippen LogP contribution in [0.1, 0.15) is 12.1 Å². The van der Waals surface area contributed by atoms with Crippen LogP contribution in [0.15, 0.2) is 18.2 Å². The number of aliphatic carboxylic acids is 2. The molecule has 2 heterocycles. The van der Waals surface area contributed by atoms with Crippen molar-refractivity contribution in [2.45, 2.75) is 12.6 Å². The lowest BCUT2D eigenvalue weighted by molar-refractivity contribution is -0.154. The first-order chi connectivity index (χ1) is 12.1. The minimum atomic E-state index is -4.36. The molecule has 1 aliphatic heterocycles. The summed E-state index contributed by atoms with van der Waals surface area (Å²) in [5.41, 5.74) is 1.30. The highest BCUT2D eigenvalue weighted by molar-refractivity contribution is 6.99. The Hall–Kier alpha value is -2.47. The molecule has 1 aromatic heterocycles. The summed E-state index contributed by atoms with van der Waals surface area (Å²) < 4.78 is 48.7. The van der Waals surface area contributed by atoms with Gasteiger partial charge in [0.2, 0.25) is 0 Å². The first-order valence-electron chi connectivity index (χ1n) is 7.12. The molecule has 12 heteroatoms. The fraction of sp³-hybridized carbons (Fsp3) is 0.429. The van der Waals surface area contributed by atoms with Gasteiger partial charge in [-0.15, -0.1) is 4.37 Å². The molecule has 0 fully saturated rings. The Labute approximate surface area is 150 Å². The van der Waals surface area contributed by atoms with E-state index >= 15 is 0 Å². The van der Waals surface area contributed by atoms with E-state index in [0.29, 0.717) is 24.4 Å². The number of alkyl halides is 3. The summed E-state index contributed by atoms with van der Waals surface area (Å²) in [6.45, 7) is 0.238. The van der Waals surface area contributed by atoms with Gasteiger partial charge in [0.1, 0.15) is 5.69 Å². The number of aromatic nitrogens is 2. The Morgan fingerprint density at radius 1 is 1.31 bits per heavy atom. The highest BCUT2D eigenvalue weighted by Crippen LogP contribution is 2.28. The molecular weight excluding hydrogens is 379 g/mol. The van der Waals surface area contributed by atoms with Crippen molar-refractivity contribution in [1.29, 1.82) is 0 Å². The van der Waals surface area contributed by atoms with Crippen molar-refractivity contribution in [2.75, 3.05) is 26.7 Å². The number of halogens is 3. The van der Waals surface area contributed by atoms with Gasteiger partial charge in [0, 0.05) is 25.2 Å². The van der Waals surface area contributed by atoms with E-state index in [1.165, 1.54) is 0 Å². The molecule has 0 amide bonds. The molecular formula is C14H16F3N3O5S. The molecule has 144 valence electrons. The number of hydrogen-bond donors (Lipinski definition) is 2. The fourth-order valence-electron chi connectivity index (χ4n) is 1.83. The van der Waals surface area contributed by atoms with Crippen molar-refractivity contribution < 1.29 is 37.7 Å². The number of carboxylic acids is 2. The summed E-state index contributed by atoms with van der Waals surface area (Å²) in [5, 5.41) is 15.6. The molecule has 0 atom stereocenters. The lowest BCUT2D eigenvalue weighted by Gasteiger charge is -2.22. The molecule has 0 radical (unpaired) electrons. The number of likely N-dealkylation sites (N-methyl/N-ethyl adjacent to an activating group) is 1. The molecule has 0 saturated carbocycles. The Kier molecular flexibility index (Phi) is 8.19. The van der Waals surface area contributed by atoms with E-state index in [9.17, 15) is 22.8 Å². The number of carboxylic acid groups (broad SMARTS) is 2. The smallest absolute Gasteiger partial charge is 0.422 e. The molecule has 2 N–H and O–H groups in total. The van der Waals surface area contributed by atoms with Gasteiger partial charge in [-0.2, -0.15) is 17.5 Å². The van der Waals surface area contributed by atoms with Crippen molar-refractivity contribution in [3.8, 4) is 5.88 Å². The zero-order valence-corrected chi connectivity index (χ0v) is 14.4. The minimum absolute atomic E-state index is 0.0288. The predicted molar refractivity (Wildman–Crippen MR) is 86.0 cm³/mol. The third kappa shape index (κ3) is 8.58. The highest BCUT2D eigenvalue weighted by atomic mass is 32.1. The maximum Gasteiger partial charge on any atom is 0.422 e. The van der Waals surface area contributed by atoms with Gasteiger partial charge in [0.15, 0.2) is 6.61 Å². The third-order valence-corrected chi connectivity index (χ3v) is 3.36. The first kappa shape index (κ1) is 21.6. The summed E-state index contributed by atoms with van der Waals surface area (Å²) in [6.07, 6.45) is -0.428. The minimum Gasteiger partial charge on any atom is -0.478 e. The van der Waals surface area contributed by atoms with Gasteiger partial charge in [0.25, 0.3) is 5.88 Å². The van der Waals surface area contributed by atoms with Crippen LogP contribution in [-0.2, 0) is 9.59 Å². The van der Waals surface area contributed by atoms with Crippen LogP contribution < -0.4 is 4.74 Å². The number of nitrogens with zero attached hydrogens (tertiary/aromatic N) is 3. The molecule has 1 aliphatic rings. The van der Waals surface area contributed by atoms with E-state index in [1.807, 2.05) is 13.1 Å². The Morgan fingerprint density at radius 2 is 1.92 bits per heavy atom. The summed E-state index contributed by atoms with van der Waals surface area (Å²) in [4.78, 5) is 21.2. The van der Waals surface area contributed by atoms with Crippen molar-refractivity contribution in [1.82, 2.24) is 13.6 Å². The van der Waals surface area contributed by atoms with Crippen molar-refractivity contribution in [2.24, 2.45) is 0 Å². The van der Waals surface area contributed by atoms with Gasteiger partial charge in [-0.1, -0.05) is 6.08 Å². The first-order valence-corrected chi connectivity index (χ1v) is 7.85. The lowest BCUT2D eigenvalue weighted by Crippen LogP contribution is -2.25. The number of ether oxygens (including phenoxy) is 1. The van der Waals surface area contributed by atoms with Gasteiger partial charge in [-0.05, 0) is 19.0 Å². The van der Waals surface area contributed by atoms with Gasteiger partial charge < -0.3 is 19.8 Å². The topological polar surface area (TPSA) is 113 Å². The van der Waals surface area contributed by atoms with Crippen molar-refractivity contribution in [3.05, 3.63) is 23.9 Å². The van der Waals surface area contributed by atoms with E-state index in [1.54, 1.807) is 0 Å². The SMILES string of the molecule is CN1CCC=C(c2nsnc2OCC(F)(F)F)C1.O=C(O)C=CC(=O)O. The van der Waals surface area contributed by atoms with Gasteiger partial charge in [-0.25, -0.2) is 9.59 Å². The monoisotopic (exact) mass is 395 g/mol. The highest BCUT2D eigenvalue weighted by Gasteiger charge is 2.30. The Balaban J connectivity index is 0.000000359. The fourth-order valence-corrected chi connectivity index (χ4v) is 2.36. The quantitative estimate of drug-likeness (QED) is 0.727.